The van der Waals surface area contributed by atoms with Crippen LogP contribution in [0.15, 0.2) is 36.4 Å². The van der Waals surface area contributed by atoms with Gasteiger partial charge in [0.1, 0.15) is 5.75 Å². The number of nitrogens with zero attached hydrogens (tertiary/aromatic N) is 1. The molecular weight excluding hydrogens is 348 g/mol. The van der Waals surface area contributed by atoms with Gasteiger partial charge in [-0.15, -0.1) is 0 Å². The molecule has 2 aromatic rings. The van der Waals surface area contributed by atoms with Crippen LogP contribution in [0, 0.1) is 5.92 Å². The van der Waals surface area contributed by atoms with Gasteiger partial charge in [0.25, 0.3) is 0 Å². The molecule has 4 rings (SSSR count). The summed E-state index contributed by atoms with van der Waals surface area (Å²) < 4.78 is 5.37. The van der Waals surface area contributed by atoms with E-state index in [2.05, 4.69) is 35.2 Å². The number of hydrogen-bond acceptors (Lipinski definition) is 4. The van der Waals surface area contributed by atoms with Crippen molar-refractivity contribution in [3.8, 4) is 5.75 Å². The predicted molar refractivity (Wildman–Crippen MR) is 115 cm³/mol. The molecule has 0 bridgehead atoms. The van der Waals surface area contributed by atoms with E-state index >= 15 is 0 Å². The summed E-state index contributed by atoms with van der Waals surface area (Å²) in [4.78, 5) is 2.56. The highest BCUT2D eigenvalue weighted by Gasteiger charge is 2.33. The molecule has 1 heterocycles. The number of piperidine rings is 1. The monoisotopic (exact) mass is 382 g/mol. The van der Waals surface area contributed by atoms with Crippen LogP contribution in [-0.2, 0) is 0 Å². The average Bonchev–Trinajstić information content (AvgIpc) is 2.73. The minimum atomic E-state index is -0.183. The maximum absolute atomic E-state index is 10.8. The third kappa shape index (κ3) is 4.35. The number of aliphatic hydroxyl groups excluding tert-OH is 1. The van der Waals surface area contributed by atoms with E-state index in [9.17, 15) is 5.11 Å². The number of ether oxygens (including phenoxy) is 1. The summed E-state index contributed by atoms with van der Waals surface area (Å²) >= 11 is 0. The summed E-state index contributed by atoms with van der Waals surface area (Å²) in [7, 11) is 1.71. The van der Waals surface area contributed by atoms with Crippen molar-refractivity contribution >= 4 is 10.8 Å². The summed E-state index contributed by atoms with van der Waals surface area (Å²) in [5.41, 5.74) is 7.47. The van der Waals surface area contributed by atoms with E-state index in [0.29, 0.717) is 17.9 Å². The van der Waals surface area contributed by atoms with Gasteiger partial charge >= 0.3 is 0 Å². The van der Waals surface area contributed by atoms with E-state index in [1.165, 1.54) is 22.8 Å². The highest BCUT2D eigenvalue weighted by atomic mass is 16.5. The maximum atomic E-state index is 10.8. The normalized spacial score (nSPS) is 25.7. The molecule has 152 valence electrons. The molecule has 4 nitrogen and oxygen atoms in total. The molecule has 1 aliphatic heterocycles. The van der Waals surface area contributed by atoms with Gasteiger partial charge in [0.15, 0.2) is 0 Å². The second-order valence-corrected chi connectivity index (χ2v) is 8.73. The lowest BCUT2D eigenvalue weighted by atomic mass is 9.74. The number of nitrogens with two attached hydrogens (primary N) is 1. The van der Waals surface area contributed by atoms with E-state index in [4.69, 9.17) is 10.5 Å². The van der Waals surface area contributed by atoms with Gasteiger partial charge in [-0.2, -0.15) is 0 Å². The molecule has 0 radical (unpaired) electrons. The molecule has 4 heteroatoms. The first-order chi connectivity index (χ1) is 13.6. The van der Waals surface area contributed by atoms with Crippen molar-refractivity contribution in [2.75, 3.05) is 26.7 Å². The Morgan fingerprint density at radius 1 is 1.04 bits per heavy atom. The second kappa shape index (κ2) is 8.81. The number of aliphatic hydroxyl groups is 1. The molecule has 28 heavy (non-hydrogen) atoms. The zero-order chi connectivity index (χ0) is 19.5. The number of rotatable bonds is 5. The van der Waals surface area contributed by atoms with Gasteiger partial charge in [0, 0.05) is 18.5 Å². The largest absolute Gasteiger partial charge is 0.497 e. The Morgan fingerprint density at radius 2 is 1.75 bits per heavy atom. The van der Waals surface area contributed by atoms with Crippen LogP contribution in [0.5, 0.6) is 5.75 Å². The molecule has 3 atom stereocenters. The van der Waals surface area contributed by atoms with Crippen LogP contribution in [0.2, 0.25) is 0 Å². The Labute approximate surface area is 168 Å². The minimum Gasteiger partial charge on any atom is -0.497 e. The molecule has 3 N–H and O–H groups in total. The van der Waals surface area contributed by atoms with Crippen LogP contribution in [0.25, 0.3) is 10.8 Å². The lowest BCUT2D eigenvalue weighted by molar-refractivity contribution is 0.0436. The SMILES string of the molecule is COc1ccc2cc(C(CN3CCC(N)CC3)C3CCCCC3O)ccc2c1. The highest BCUT2D eigenvalue weighted by molar-refractivity contribution is 5.84. The number of methoxy groups -OCH3 is 1. The molecule has 0 amide bonds. The fourth-order valence-corrected chi connectivity index (χ4v) is 5.11. The Balaban J connectivity index is 1.62. The van der Waals surface area contributed by atoms with Crippen LogP contribution in [0.4, 0.5) is 0 Å². The summed E-state index contributed by atoms with van der Waals surface area (Å²) in [6.45, 7) is 3.17. The van der Waals surface area contributed by atoms with Crippen LogP contribution in [0.3, 0.4) is 0 Å². The average molecular weight is 383 g/mol. The smallest absolute Gasteiger partial charge is 0.119 e. The van der Waals surface area contributed by atoms with Gasteiger partial charge in [-0.05, 0) is 73.2 Å². The van der Waals surface area contributed by atoms with Gasteiger partial charge in [-0.25, -0.2) is 0 Å². The quantitative estimate of drug-likeness (QED) is 0.823. The number of hydrogen-bond donors (Lipinski definition) is 2. The first kappa shape index (κ1) is 19.7. The molecular formula is C24H34N2O2. The summed E-state index contributed by atoms with van der Waals surface area (Å²) in [6, 6.07) is 13.4. The Morgan fingerprint density at radius 3 is 2.50 bits per heavy atom. The third-order valence-electron chi connectivity index (χ3n) is 6.89. The van der Waals surface area contributed by atoms with Crippen molar-refractivity contribution in [1.29, 1.82) is 0 Å². The number of benzene rings is 2. The molecule has 1 saturated carbocycles. The molecule has 1 aliphatic carbocycles. The Hall–Kier alpha value is -1.62. The Bertz CT molecular complexity index is 785. The van der Waals surface area contributed by atoms with Gasteiger partial charge in [0.2, 0.25) is 0 Å². The zero-order valence-electron chi connectivity index (χ0n) is 17.0. The molecule has 2 aliphatic rings. The Kier molecular flexibility index (Phi) is 6.19. The van der Waals surface area contributed by atoms with Crippen LogP contribution >= 0.6 is 0 Å². The first-order valence-corrected chi connectivity index (χ1v) is 10.9. The van der Waals surface area contributed by atoms with E-state index < -0.39 is 0 Å². The zero-order valence-corrected chi connectivity index (χ0v) is 17.0. The van der Waals surface area contributed by atoms with E-state index in [1.54, 1.807) is 7.11 Å². The van der Waals surface area contributed by atoms with E-state index in [-0.39, 0.29) is 6.10 Å². The van der Waals surface area contributed by atoms with Crippen LogP contribution in [0.1, 0.15) is 50.0 Å². The first-order valence-electron chi connectivity index (χ1n) is 10.9. The lowest BCUT2D eigenvalue weighted by Crippen LogP contribution is -2.43. The lowest BCUT2D eigenvalue weighted by Gasteiger charge is -2.39. The number of likely N-dealkylation sites (tertiary alicyclic amines) is 1. The van der Waals surface area contributed by atoms with Crippen molar-refractivity contribution in [2.45, 2.75) is 56.6 Å². The molecule has 0 aromatic heterocycles. The minimum absolute atomic E-state index is 0.183. The fourth-order valence-electron chi connectivity index (χ4n) is 5.11. The third-order valence-corrected chi connectivity index (χ3v) is 6.89. The molecule has 0 spiro atoms. The molecule has 3 unspecified atom stereocenters. The van der Waals surface area contributed by atoms with Crippen molar-refractivity contribution in [3.63, 3.8) is 0 Å². The van der Waals surface area contributed by atoms with Gasteiger partial charge in [0.05, 0.1) is 13.2 Å². The highest BCUT2D eigenvalue weighted by Crippen LogP contribution is 2.38. The maximum Gasteiger partial charge on any atom is 0.119 e. The summed E-state index contributed by atoms with van der Waals surface area (Å²) in [6.07, 6.45) is 6.43. The van der Waals surface area contributed by atoms with Crippen LogP contribution in [-0.4, -0.2) is 48.9 Å². The van der Waals surface area contributed by atoms with Crippen LogP contribution < -0.4 is 10.5 Å². The van der Waals surface area contributed by atoms with Gasteiger partial charge < -0.3 is 20.5 Å². The van der Waals surface area contributed by atoms with Crippen molar-refractivity contribution < 1.29 is 9.84 Å². The van der Waals surface area contributed by atoms with Crippen molar-refractivity contribution in [1.82, 2.24) is 4.90 Å². The topological polar surface area (TPSA) is 58.7 Å². The standard InChI is InChI=1S/C24H34N2O2/c1-28-21-9-8-17-14-19(7-6-18(17)15-21)23(22-4-2-3-5-24(22)27)16-26-12-10-20(25)11-13-26/h6-9,14-15,20,22-24,27H,2-5,10-13,16,25H2,1H3. The predicted octanol–water partition coefficient (Wildman–Crippen LogP) is 3.91. The van der Waals surface area contributed by atoms with Crippen molar-refractivity contribution in [3.05, 3.63) is 42.0 Å². The van der Waals surface area contributed by atoms with E-state index in [1.807, 2.05) is 6.07 Å². The molecule has 1 saturated heterocycles. The van der Waals surface area contributed by atoms with Gasteiger partial charge in [-0.1, -0.05) is 37.1 Å². The van der Waals surface area contributed by atoms with Crippen molar-refractivity contribution in [2.24, 2.45) is 11.7 Å². The fraction of sp³-hybridized carbons (Fsp3) is 0.583. The summed E-state index contributed by atoms with van der Waals surface area (Å²) in [5, 5.41) is 13.2. The second-order valence-electron chi connectivity index (χ2n) is 8.73. The van der Waals surface area contributed by atoms with Gasteiger partial charge in [-0.3, -0.25) is 0 Å². The van der Waals surface area contributed by atoms with E-state index in [0.717, 1.165) is 57.5 Å². The molecule has 2 fully saturated rings. The molecule has 2 aromatic carbocycles. The number of fused-ring (bicyclic) bond motifs is 1. The summed E-state index contributed by atoms with van der Waals surface area (Å²) in [5.74, 6) is 1.61.